The number of benzene rings is 2. The Morgan fingerprint density at radius 1 is 1.09 bits per heavy atom. The molecule has 1 aliphatic rings. The highest BCUT2D eigenvalue weighted by Gasteiger charge is 2.30. The number of anilines is 2. The minimum absolute atomic E-state index is 0.0229. The van der Waals surface area contributed by atoms with E-state index in [1.54, 1.807) is 17.0 Å². The summed E-state index contributed by atoms with van der Waals surface area (Å²) in [5.74, 6) is -0.949. The van der Waals surface area contributed by atoms with Crippen molar-refractivity contribution in [2.24, 2.45) is 0 Å². The predicted molar refractivity (Wildman–Crippen MR) is 131 cm³/mol. The van der Waals surface area contributed by atoms with Gasteiger partial charge in [0.15, 0.2) is 0 Å². The molecule has 6 nitrogen and oxygen atoms in total. The second-order valence-electron chi connectivity index (χ2n) is 7.78. The Balaban J connectivity index is 1.63. The van der Waals surface area contributed by atoms with Gasteiger partial charge in [0.1, 0.15) is 23.4 Å². The van der Waals surface area contributed by atoms with E-state index in [1.807, 2.05) is 24.3 Å². The van der Waals surface area contributed by atoms with Crippen molar-refractivity contribution in [3.8, 4) is 11.6 Å². The van der Waals surface area contributed by atoms with Gasteiger partial charge in [-0.25, -0.2) is 9.37 Å². The average Bonchev–Trinajstić information content (AvgIpc) is 2.84. The predicted octanol–water partition coefficient (Wildman–Crippen LogP) is 6.16. The SMILES string of the molecule is O=CCCCCN1CCN(C(=O)c2cc(F)cnc2Oc2cc(Cl)ccc2Cl)c2ccccc21. The van der Waals surface area contributed by atoms with Crippen LogP contribution in [0.15, 0.2) is 54.7 Å². The number of ether oxygens (including phenoxy) is 1. The highest BCUT2D eigenvalue weighted by molar-refractivity contribution is 6.34. The Morgan fingerprint density at radius 2 is 1.88 bits per heavy atom. The Bertz CT molecular complexity index is 1210. The van der Waals surface area contributed by atoms with Crippen LogP contribution in [0.3, 0.4) is 0 Å². The van der Waals surface area contributed by atoms with E-state index in [9.17, 15) is 14.0 Å². The van der Waals surface area contributed by atoms with Crippen LogP contribution in [-0.2, 0) is 4.79 Å². The van der Waals surface area contributed by atoms with Crippen molar-refractivity contribution in [1.82, 2.24) is 4.98 Å². The Morgan fingerprint density at radius 3 is 2.68 bits per heavy atom. The molecule has 2 aromatic carbocycles. The summed E-state index contributed by atoms with van der Waals surface area (Å²) in [6.45, 7) is 1.77. The normalized spacial score (nSPS) is 12.9. The Kier molecular flexibility index (Phi) is 7.65. The summed E-state index contributed by atoms with van der Waals surface area (Å²) in [6, 6.07) is 13.3. The molecule has 0 unspecified atom stereocenters. The molecule has 34 heavy (non-hydrogen) atoms. The quantitative estimate of drug-likeness (QED) is 0.273. The van der Waals surface area contributed by atoms with Gasteiger partial charge >= 0.3 is 0 Å². The van der Waals surface area contributed by atoms with E-state index in [1.165, 1.54) is 6.07 Å². The first kappa shape index (κ1) is 24.0. The highest BCUT2D eigenvalue weighted by atomic mass is 35.5. The molecule has 0 saturated carbocycles. The zero-order valence-electron chi connectivity index (χ0n) is 18.2. The molecule has 1 amide bonds. The second kappa shape index (κ2) is 10.8. The van der Waals surface area contributed by atoms with E-state index in [0.29, 0.717) is 30.2 Å². The lowest BCUT2D eigenvalue weighted by molar-refractivity contribution is -0.107. The summed E-state index contributed by atoms with van der Waals surface area (Å²) in [5.41, 5.74) is 1.59. The third-order valence-electron chi connectivity index (χ3n) is 5.50. The van der Waals surface area contributed by atoms with Gasteiger partial charge in [-0.3, -0.25) is 4.79 Å². The molecule has 0 N–H and O–H groups in total. The van der Waals surface area contributed by atoms with Gasteiger partial charge in [0.25, 0.3) is 5.91 Å². The smallest absolute Gasteiger partial charge is 0.264 e. The number of carbonyl (C=O) groups excluding carboxylic acids is 2. The van der Waals surface area contributed by atoms with Crippen LogP contribution in [0.2, 0.25) is 10.0 Å². The van der Waals surface area contributed by atoms with Crippen molar-refractivity contribution in [2.75, 3.05) is 29.4 Å². The lowest BCUT2D eigenvalue weighted by Gasteiger charge is -2.38. The maximum atomic E-state index is 14.1. The summed E-state index contributed by atoms with van der Waals surface area (Å²) in [7, 11) is 0. The number of carbonyl (C=O) groups is 2. The van der Waals surface area contributed by atoms with Crippen molar-refractivity contribution in [1.29, 1.82) is 0 Å². The minimum Gasteiger partial charge on any atom is -0.437 e. The number of fused-ring (bicyclic) bond motifs is 1. The summed E-state index contributed by atoms with van der Waals surface area (Å²) >= 11 is 12.2. The summed E-state index contributed by atoms with van der Waals surface area (Å²) < 4.78 is 19.9. The topological polar surface area (TPSA) is 62.7 Å². The van der Waals surface area contributed by atoms with Crippen LogP contribution in [-0.4, -0.2) is 36.8 Å². The van der Waals surface area contributed by atoms with Gasteiger partial charge in [-0.05, 0) is 43.2 Å². The Hall–Kier alpha value is -3.16. The molecule has 9 heteroatoms. The first-order valence-electron chi connectivity index (χ1n) is 10.9. The number of nitrogens with zero attached hydrogens (tertiary/aromatic N) is 3. The van der Waals surface area contributed by atoms with Crippen LogP contribution >= 0.6 is 23.2 Å². The van der Waals surface area contributed by atoms with Gasteiger partial charge in [-0.1, -0.05) is 35.3 Å². The number of hydrogen-bond donors (Lipinski definition) is 0. The number of aldehydes is 1. The Labute approximate surface area is 206 Å². The molecule has 176 valence electrons. The molecule has 3 aromatic rings. The lowest BCUT2D eigenvalue weighted by atomic mass is 10.1. The third-order valence-corrected chi connectivity index (χ3v) is 6.05. The van der Waals surface area contributed by atoms with Crippen LogP contribution < -0.4 is 14.5 Å². The molecular weight excluding hydrogens is 480 g/mol. The molecule has 0 spiro atoms. The van der Waals surface area contributed by atoms with Crippen LogP contribution in [0.4, 0.5) is 15.8 Å². The van der Waals surface area contributed by atoms with Crippen LogP contribution in [0.25, 0.3) is 0 Å². The molecule has 0 saturated heterocycles. The van der Waals surface area contributed by atoms with Crippen molar-refractivity contribution in [3.63, 3.8) is 0 Å². The molecule has 4 rings (SSSR count). The van der Waals surface area contributed by atoms with E-state index >= 15 is 0 Å². The van der Waals surface area contributed by atoms with E-state index < -0.39 is 11.7 Å². The summed E-state index contributed by atoms with van der Waals surface area (Å²) in [4.78, 5) is 32.0. The van der Waals surface area contributed by atoms with Gasteiger partial charge in [0.05, 0.1) is 22.6 Å². The number of amides is 1. The van der Waals surface area contributed by atoms with E-state index in [0.717, 1.165) is 43.6 Å². The van der Waals surface area contributed by atoms with E-state index in [4.69, 9.17) is 27.9 Å². The van der Waals surface area contributed by atoms with Gasteiger partial charge in [-0.2, -0.15) is 0 Å². The standard InChI is InChI=1S/C25H22Cl2FN3O3/c26-17-8-9-20(27)23(14-17)34-24-19(15-18(28)16-29-24)25(33)31-12-11-30(10-4-1-5-13-32)21-6-2-3-7-22(21)31/h2-3,6-9,13-16H,1,4-5,10-12H2. The minimum atomic E-state index is -0.657. The highest BCUT2D eigenvalue weighted by Crippen LogP contribution is 2.37. The van der Waals surface area contributed by atoms with E-state index in [-0.39, 0.29) is 22.2 Å². The second-order valence-corrected chi connectivity index (χ2v) is 8.62. The molecular formula is C25H22Cl2FN3O3. The first-order chi connectivity index (χ1) is 16.5. The maximum absolute atomic E-state index is 14.1. The molecule has 0 bridgehead atoms. The molecule has 0 aliphatic carbocycles. The number of para-hydroxylation sites is 2. The fraction of sp³-hybridized carbons (Fsp3) is 0.240. The fourth-order valence-corrected chi connectivity index (χ4v) is 4.18. The lowest BCUT2D eigenvalue weighted by Crippen LogP contribution is -2.44. The van der Waals surface area contributed by atoms with Crippen LogP contribution in [0.1, 0.15) is 29.6 Å². The molecule has 0 fully saturated rings. The van der Waals surface area contributed by atoms with Crippen LogP contribution in [0, 0.1) is 5.82 Å². The number of unbranched alkanes of at least 4 members (excludes halogenated alkanes) is 2. The van der Waals surface area contributed by atoms with Gasteiger partial charge < -0.3 is 19.3 Å². The summed E-state index contributed by atoms with van der Waals surface area (Å²) in [6.07, 6.45) is 4.12. The van der Waals surface area contributed by atoms with Crippen LogP contribution in [0.5, 0.6) is 11.6 Å². The van der Waals surface area contributed by atoms with Gasteiger partial charge in [0, 0.05) is 37.1 Å². The molecule has 0 radical (unpaired) electrons. The number of pyridine rings is 1. The molecule has 1 aliphatic heterocycles. The monoisotopic (exact) mass is 501 g/mol. The molecule has 1 aromatic heterocycles. The first-order valence-corrected chi connectivity index (χ1v) is 11.6. The summed E-state index contributed by atoms with van der Waals surface area (Å²) in [5, 5.41) is 0.676. The number of halogens is 3. The molecule has 2 heterocycles. The van der Waals surface area contributed by atoms with Gasteiger partial charge in [0.2, 0.25) is 5.88 Å². The zero-order chi connectivity index (χ0) is 24.1. The van der Waals surface area contributed by atoms with E-state index in [2.05, 4.69) is 9.88 Å². The maximum Gasteiger partial charge on any atom is 0.264 e. The average molecular weight is 502 g/mol. The molecule has 0 atom stereocenters. The van der Waals surface area contributed by atoms with Crippen molar-refractivity contribution < 1.29 is 18.7 Å². The fourth-order valence-electron chi connectivity index (χ4n) is 3.86. The largest absolute Gasteiger partial charge is 0.437 e. The van der Waals surface area contributed by atoms with Crippen molar-refractivity contribution >= 4 is 46.8 Å². The number of rotatable bonds is 8. The number of aromatic nitrogens is 1. The van der Waals surface area contributed by atoms with Gasteiger partial charge in [-0.15, -0.1) is 0 Å². The van der Waals surface area contributed by atoms with Crippen molar-refractivity contribution in [3.05, 3.63) is 76.2 Å². The third kappa shape index (κ3) is 5.32. The van der Waals surface area contributed by atoms with Crippen molar-refractivity contribution in [2.45, 2.75) is 19.3 Å². The zero-order valence-corrected chi connectivity index (χ0v) is 19.7. The number of hydrogen-bond acceptors (Lipinski definition) is 5.